The van der Waals surface area contributed by atoms with Gasteiger partial charge in [-0.2, -0.15) is 0 Å². The van der Waals surface area contributed by atoms with Gasteiger partial charge >= 0.3 is 0 Å². The molecule has 0 radical (unpaired) electrons. The van der Waals surface area contributed by atoms with Gasteiger partial charge in [-0.1, -0.05) is 12.1 Å². The van der Waals surface area contributed by atoms with E-state index in [1.54, 1.807) is 7.11 Å². The molecule has 1 aliphatic heterocycles. The van der Waals surface area contributed by atoms with Crippen molar-refractivity contribution in [2.24, 2.45) is 0 Å². The molecule has 24 heavy (non-hydrogen) atoms. The molecule has 1 unspecified atom stereocenters. The summed E-state index contributed by atoms with van der Waals surface area (Å²) >= 11 is 0. The highest BCUT2D eigenvalue weighted by atomic mass is 16.5. The van der Waals surface area contributed by atoms with Crippen LogP contribution in [0.1, 0.15) is 41.9 Å². The van der Waals surface area contributed by atoms with Crippen molar-refractivity contribution in [1.29, 1.82) is 0 Å². The van der Waals surface area contributed by atoms with Crippen molar-refractivity contribution in [3.8, 4) is 5.75 Å². The van der Waals surface area contributed by atoms with E-state index in [1.807, 2.05) is 12.1 Å². The SMILES string of the molecule is COc1cccc(C2CN(c3cc(C)nc(C4CC4)n3)CCO2)c1. The van der Waals surface area contributed by atoms with Crippen LogP contribution >= 0.6 is 0 Å². The lowest BCUT2D eigenvalue weighted by molar-refractivity contribution is 0.0394. The average molecular weight is 325 g/mol. The lowest BCUT2D eigenvalue weighted by Crippen LogP contribution is -2.39. The van der Waals surface area contributed by atoms with Gasteiger partial charge in [-0.05, 0) is 37.5 Å². The molecule has 2 aliphatic rings. The average Bonchev–Trinajstić information content (AvgIpc) is 3.46. The number of aryl methyl sites for hydroxylation is 1. The van der Waals surface area contributed by atoms with Crippen LogP contribution in [0.4, 0.5) is 5.82 Å². The van der Waals surface area contributed by atoms with Gasteiger partial charge in [-0.15, -0.1) is 0 Å². The number of nitrogens with zero attached hydrogens (tertiary/aromatic N) is 3. The Kier molecular flexibility index (Phi) is 4.10. The maximum atomic E-state index is 5.99. The van der Waals surface area contributed by atoms with Crippen LogP contribution in [0, 0.1) is 6.92 Å². The summed E-state index contributed by atoms with van der Waals surface area (Å²) in [5.74, 6) is 3.47. The monoisotopic (exact) mass is 325 g/mol. The first-order chi connectivity index (χ1) is 11.7. The maximum Gasteiger partial charge on any atom is 0.134 e. The van der Waals surface area contributed by atoms with Gasteiger partial charge in [0.05, 0.1) is 13.7 Å². The Morgan fingerprint density at radius 3 is 2.88 bits per heavy atom. The molecule has 1 aromatic carbocycles. The lowest BCUT2D eigenvalue weighted by atomic mass is 10.1. The van der Waals surface area contributed by atoms with Gasteiger partial charge in [0.2, 0.25) is 0 Å². The topological polar surface area (TPSA) is 47.5 Å². The van der Waals surface area contributed by atoms with Crippen molar-refractivity contribution < 1.29 is 9.47 Å². The number of methoxy groups -OCH3 is 1. The highest BCUT2D eigenvalue weighted by molar-refractivity contribution is 5.42. The Hall–Kier alpha value is -2.14. The van der Waals surface area contributed by atoms with Crippen LogP contribution in [-0.2, 0) is 4.74 Å². The van der Waals surface area contributed by atoms with Gasteiger partial charge < -0.3 is 14.4 Å². The summed E-state index contributed by atoms with van der Waals surface area (Å²) in [6.45, 7) is 4.41. The first kappa shape index (κ1) is 15.4. The molecular weight excluding hydrogens is 302 g/mol. The third kappa shape index (κ3) is 3.22. The fourth-order valence-electron chi connectivity index (χ4n) is 3.16. The molecule has 1 aromatic heterocycles. The molecule has 0 amide bonds. The molecular formula is C19H23N3O2. The molecule has 0 spiro atoms. The summed E-state index contributed by atoms with van der Waals surface area (Å²) in [6.07, 6.45) is 2.48. The second kappa shape index (κ2) is 6.40. The molecule has 1 saturated carbocycles. The van der Waals surface area contributed by atoms with Crippen molar-refractivity contribution in [1.82, 2.24) is 9.97 Å². The summed E-state index contributed by atoms with van der Waals surface area (Å²) in [5.41, 5.74) is 2.19. The molecule has 2 fully saturated rings. The van der Waals surface area contributed by atoms with E-state index in [4.69, 9.17) is 14.5 Å². The van der Waals surface area contributed by atoms with Gasteiger partial charge in [-0.3, -0.25) is 0 Å². The van der Waals surface area contributed by atoms with E-state index in [0.29, 0.717) is 12.5 Å². The number of rotatable bonds is 4. The predicted molar refractivity (Wildman–Crippen MR) is 92.6 cm³/mol. The van der Waals surface area contributed by atoms with Crippen LogP contribution in [0.3, 0.4) is 0 Å². The molecule has 126 valence electrons. The first-order valence-electron chi connectivity index (χ1n) is 8.59. The van der Waals surface area contributed by atoms with E-state index < -0.39 is 0 Å². The minimum absolute atomic E-state index is 0.0356. The van der Waals surface area contributed by atoms with E-state index in [-0.39, 0.29) is 6.10 Å². The Morgan fingerprint density at radius 1 is 1.21 bits per heavy atom. The summed E-state index contributed by atoms with van der Waals surface area (Å²) in [4.78, 5) is 11.7. The third-order valence-corrected chi connectivity index (χ3v) is 4.66. The van der Waals surface area contributed by atoms with E-state index in [1.165, 1.54) is 12.8 Å². The largest absolute Gasteiger partial charge is 0.497 e. The number of hydrogen-bond donors (Lipinski definition) is 0. The Morgan fingerprint density at radius 2 is 2.08 bits per heavy atom. The third-order valence-electron chi connectivity index (χ3n) is 4.66. The van der Waals surface area contributed by atoms with Gasteiger partial charge in [0.25, 0.3) is 0 Å². The molecule has 0 bridgehead atoms. The minimum atomic E-state index is 0.0356. The quantitative estimate of drug-likeness (QED) is 0.863. The summed E-state index contributed by atoms with van der Waals surface area (Å²) in [6, 6.07) is 10.2. The van der Waals surface area contributed by atoms with Crippen molar-refractivity contribution in [2.75, 3.05) is 31.7 Å². The smallest absolute Gasteiger partial charge is 0.134 e. The lowest BCUT2D eigenvalue weighted by Gasteiger charge is -2.34. The summed E-state index contributed by atoms with van der Waals surface area (Å²) in [7, 11) is 1.69. The normalized spacial score (nSPS) is 20.9. The molecule has 2 heterocycles. The second-order valence-corrected chi connectivity index (χ2v) is 6.58. The Balaban J connectivity index is 1.56. The number of benzene rings is 1. The van der Waals surface area contributed by atoms with Crippen LogP contribution in [0.25, 0.3) is 0 Å². The highest BCUT2D eigenvalue weighted by Crippen LogP contribution is 2.39. The highest BCUT2D eigenvalue weighted by Gasteiger charge is 2.29. The van der Waals surface area contributed by atoms with Crippen LogP contribution in [0.15, 0.2) is 30.3 Å². The second-order valence-electron chi connectivity index (χ2n) is 6.58. The molecule has 1 atom stereocenters. The molecule has 5 heteroatoms. The van der Waals surface area contributed by atoms with Gasteiger partial charge in [0, 0.05) is 30.8 Å². The van der Waals surface area contributed by atoms with E-state index >= 15 is 0 Å². The molecule has 2 aromatic rings. The molecule has 1 aliphatic carbocycles. The Bertz CT molecular complexity index is 730. The van der Waals surface area contributed by atoms with Gasteiger partial charge in [0.15, 0.2) is 0 Å². The molecule has 1 saturated heterocycles. The number of anilines is 1. The fourth-order valence-corrected chi connectivity index (χ4v) is 3.16. The van der Waals surface area contributed by atoms with Crippen molar-refractivity contribution in [2.45, 2.75) is 31.8 Å². The zero-order chi connectivity index (χ0) is 16.5. The Labute approximate surface area is 142 Å². The molecule has 0 N–H and O–H groups in total. The van der Waals surface area contributed by atoms with Crippen LogP contribution < -0.4 is 9.64 Å². The number of ether oxygens (including phenoxy) is 2. The zero-order valence-electron chi connectivity index (χ0n) is 14.2. The van der Waals surface area contributed by atoms with Crippen LogP contribution in [0.2, 0.25) is 0 Å². The number of aromatic nitrogens is 2. The van der Waals surface area contributed by atoms with Crippen molar-refractivity contribution in [3.63, 3.8) is 0 Å². The zero-order valence-corrected chi connectivity index (χ0v) is 14.2. The summed E-state index contributed by atoms with van der Waals surface area (Å²) < 4.78 is 11.3. The van der Waals surface area contributed by atoms with Crippen molar-refractivity contribution in [3.05, 3.63) is 47.4 Å². The first-order valence-corrected chi connectivity index (χ1v) is 8.59. The summed E-state index contributed by atoms with van der Waals surface area (Å²) in [5, 5.41) is 0. The minimum Gasteiger partial charge on any atom is -0.497 e. The van der Waals surface area contributed by atoms with E-state index in [0.717, 1.165) is 41.7 Å². The van der Waals surface area contributed by atoms with Gasteiger partial charge in [0.1, 0.15) is 23.5 Å². The van der Waals surface area contributed by atoms with Gasteiger partial charge in [-0.25, -0.2) is 9.97 Å². The van der Waals surface area contributed by atoms with Crippen molar-refractivity contribution >= 4 is 5.82 Å². The van der Waals surface area contributed by atoms with Crippen LogP contribution in [0.5, 0.6) is 5.75 Å². The predicted octanol–water partition coefficient (Wildman–Crippen LogP) is 3.25. The molecule has 5 nitrogen and oxygen atoms in total. The fraction of sp³-hybridized carbons (Fsp3) is 0.474. The number of morpholine rings is 1. The standard InChI is InChI=1S/C19H23N3O2/c1-13-10-18(21-19(20-13)14-6-7-14)22-8-9-24-17(12-22)15-4-3-5-16(11-15)23-2/h3-5,10-11,14,17H,6-9,12H2,1-2H3. The maximum absolute atomic E-state index is 5.99. The van der Waals surface area contributed by atoms with Crippen LogP contribution in [-0.4, -0.2) is 36.8 Å². The molecule has 4 rings (SSSR count). The number of hydrogen-bond acceptors (Lipinski definition) is 5. The van der Waals surface area contributed by atoms with E-state index in [2.05, 4.69) is 35.0 Å². The van der Waals surface area contributed by atoms with E-state index in [9.17, 15) is 0 Å².